The van der Waals surface area contributed by atoms with Crippen LogP contribution in [0.5, 0.6) is 0 Å². The van der Waals surface area contributed by atoms with Crippen LogP contribution in [0.25, 0.3) is 0 Å². The van der Waals surface area contributed by atoms with Crippen LogP contribution in [0.15, 0.2) is 24.3 Å². The third-order valence-electron chi connectivity index (χ3n) is 4.77. The van der Waals surface area contributed by atoms with Gasteiger partial charge in [-0.3, -0.25) is 0 Å². The van der Waals surface area contributed by atoms with Crippen LogP contribution in [0, 0.1) is 6.92 Å². The Hall–Kier alpha value is -0.860. The number of hydrogen-bond donors (Lipinski definition) is 1. The standard InChI is InChI=1S/C19H34N2/c1-7-14-20-18(17-11-9-16(3)10-12-17)13-15-21(6)19(4,5)8-2/h9-12,18,20H,7-8,13-15H2,1-6H3. The Morgan fingerprint density at radius 3 is 2.29 bits per heavy atom. The first-order valence-corrected chi connectivity index (χ1v) is 8.42. The van der Waals surface area contributed by atoms with E-state index < -0.39 is 0 Å². The smallest absolute Gasteiger partial charge is 0.0332 e. The fourth-order valence-electron chi connectivity index (χ4n) is 2.40. The second-order valence-corrected chi connectivity index (χ2v) is 6.79. The Bertz CT molecular complexity index is 395. The van der Waals surface area contributed by atoms with Crippen molar-refractivity contribution in [2.75, 3.05) is 20.1 Å². The normalized spacial score (nSPS) is 13.7. The zero-order chi connectivity index (χ0) is 15.9. The second-order valence-electron chi connectivity index (χ2n) is 6.79. The largest absolute Gasteiger partial charge is 0.310 e. The molecule has 0 aromatic heterocycles. The molecule has 1 aromatic rings. The lowest BCUT2D eigenvalue weighted by atomic mass is 9.97. The molecule has 0 spiro atoms. The van der Waals surface area contributed by atoms with E-state index in [1.165, 1.54) is 24.0 Å². The summed E-state index contributed by atoms with van der Waals surface area (Å²) in [4.78, 5) is 2.49. The predicted molar refractivity (Wildman–Crippen MR) is 93.8 cm³/mol. The van der Waals surface area contributed by atoms with Gasteiger partial charge in [0.2, 0.25) is 0 Å². The van der Waals surface area contributed by atoms with Crippen LogP contribution < -0.4 is 5.32 Å². The molecule has 1 N–H and O–H groups in total. The van der Waals surface area contributed by atoms with Crippen molar-refractivity contribution in [1.29, 1.82) is 0 Å². The first-order valence-electron chi connectivity index (χ1n) is 8.42. The van der Waals surface area contributed by atoms with Crippen LogP contribution in [-0.2, 0) is 0 Å². The van der Waals surface area contributed by atoms with E-state index in [4.69, 9.17) is 0 Å². The van der Waals surface area contributed by atoms with Crippen molar-refractivity contribution in [3.63, 3.8) is 0 Å². The highest BCUT2D eigenvalue weighted by Gasteiger charge is 2.22. The van der Waals surface area contributed by atoms with Gasteiger partial charge in [-0.05, 0) is 59.2 Å². The van der Waals surface area contributed by atoms with Gasteiger partial charge in [0.25, 0.3) is 0 Å². The molecule has 2 nitrogen and oxygen atoms in total. The summed E-state index contributed by atoms with van der Waals surface area (Å²) in [5.41, 5.74) is 3.02. The highest BCUT2D eigenvalue weighted by Crippen LogP contribution is 2.21. The lowest BCUT2D eigenvalue weighted by Crippen LogP contribution is -2.42. The average Bonchev–Trinajstić information content (AvgIpc) is 2.48. The highest BCUT2D eigenvalue weighted by molar-refractivity contribution is 5.24. The van der Waals surface area contributed by atoms with Crippen LogP contribution in [-0.4, -0.2) is 30.6 Å². The third-order valence-corrected chi connectivity index (χ3v) is 4.77. The molecule has 1 aromatic carbocycles. The molecule has 0 fully saturated rings. The van der Waals surface area contributed by atoms with E-state index >= 15 is 0 Å². The van der Waals surface area contributed by atoms with E-state index in [0.29, 0.717) is 6.04 Å². The molecule has 0 heterocycles. The summed E-state index contributed by atoms with van der Waals surface area (Å²) in [5.74, 6) is 0. The summed E-state index contributed by atoms with van der Waals surface area (Å²) >= 11 is 0. The lowest BCUT2D eigenvalue weighted by molar-refractivity contribution is 0.144. The van der Waals surface area contributed by atoms with Gasteiger partial charge in [-0.1, -0.05) is 43.7 Å². The van der Waals surface area contributed by atoms with Gasteiger partial charge < -0.3 is 10.2 Å². The van der Waals surface area contributed by atoms with Crippen molar-refractivity contribution in [3.8, 4) is 0 Å². The lowest BCUT2D eigenvalue weighted by Gasteiger charge is -2.36. The first kappa shape index (κ1) is 18.2. The number of benzene rings is 1. The first-order chi connectivity index (χ1) is 9.90. The maximum atomic E-state index is 3.70. The van der Waals surface area contributed by atoms with Crippen molar-refractivity contribution in [1.82, 2.24) is 10.2 Å². The Morgan fingerprint density at radius 1 is 1.14 bits per heavy atom. The molecule has 2 heteroatoms. The summed E-state index contributed by atoms with van der Waals surface area (Å²) in [7, 11) is 2.25. The molecule has 1 atom stereocenters. The van der Waals surface area contributed by atoms with Gasteiger partial charge in [-0.15, -0.1) is 0 Å². The maximum absolute atomic E-state index is 3.70. The van der Waals surface area contributed by atoms with Crippen molar-refractivity contribution in [3.05, 3.63) is 35.4 Å². The minimum absolute atomic E-state index is 0.280. The van der Waals surface area contributed by atoms with E-state index in [1.807, 2.05) is 0 Å². The summed E-state index contributed by atoms with van der Waals surface area (Å²) in [6, 6.07) is 9.44. The van der Waals surface area contributed by atoms with Gasteiger partial charge in [0.1, 0.15) is 0 Å². The Labute approximate surface area is 131 Å². The molecular weight excluding hydrogens is 256 g/mol. The SMILES string of the molecule is CCCNC(CCN(C)C(C)(C)CC)c1ccc(C)cc1. The monoisotopic (exact) mass is 290 g/mol. The second kappa shape index (κ2) is 8.55. The number of aryl methyl sites for hydroxylation is 1. The number of hydrogen-bond acceptors (Lipinski definition) is 2. The number of nitrogens with zero attached hydrogens (tertiary/aromatic N) is 1. The van der Waals surface area contributed by atoms with Crippen molar-refractivity contribution < 1.29 is 0 Å². The van der Waals surface area contributed by atoms with Gasteiger partial charge in [-0.2, -0.15) is 0 Å². The molecule has 1 rings (SSSR count). The van der Waals surface area contributed by atoms with Crippen LogP contribution in [0.4, 0.5) is 0 Å². The zero-order valence-electron chi connectivity index (χ0n) is 14.9. The van der Waals surface area contributed by atoms with Gasteiger partial charge in [-0.25, -0.2) is 0 Å². The molecule has 1 unspecified atom stereocenters. The van der Waals surface area contributed by atoms with E-state index in [9.17, 15) is 0 Å². The molecule has 0 aliphatic carbocycles. The quantitative estimate of drug-likeness (QED) is 0.718. The molecule has 0 aliphatic heterocycles. The summed E-state index contributed by atoms with van der Waals surface area (Å²) in [6.07, 6.45) is 3.52. The Kier molecular flexibility index (Phi) is 7.41. The summed E-state index contributed by atoms with van der Waals surface area (Å²) < 4.78 is 0. The van der Waals surface area contributed by atoms with Crippen LogP contribution >= 0.6 is 0 Å². The van der Waals surface area contributed by atoms with E-state index in [-0.39, 0.29) is 5.54 Å². The number of nitrogens with one attached hydrogen (secondary N) is 1. The van der Waals surface area contributed by atoms with Crippen LogP contribution in [0.2, 0.25) is 0 Å². The molecule has 0 saturated heterocycles. The fourth-order valence-corrected chi connectivity index (χ4v) is 2.40. The molecule has 0 radical (unpaired) electrons. The molecule has 120 valence electrons. The van der Waals surface area contributed by atoms with Crippen LogP contribution in [0.1, 0.15) is 64.1 Å². The van der Waals surface area contributed by atoms with Crippen molar-refractivity contribution in [2.45, 2.75) is 65.5 Å². The Morgan fingerprint density at radius 2 is 1.76 bits per heavy atom. The van der Waals surface area contributed by atoms with Gasteiger partial charge in [0.15, 0.2) is 0 Å². The van der Waals surface area contributed by atoms with Crippen molar-refractivity contribution >= 4 is 0 Å². The molecular formula is C19H34N2. The Balaban J connectivity index is 2.68. The van der Waals surface area contributed by atoms with E-state index in [2.05, 4.69) is 76.1 Å². The van der Waals surface area contributed by atoms with Gasteiger partial charge in [0.05, 0.1) is 0 Å². The van der Waals surface area contributed by atoms with Gasteiger partial charge in [0, 0.05) is 18.1 Å². The highest BCUT2D eigenvalue weighted by atomic mass is 15.2. The minimum Gasteiger partial charge on any atom is -0.310 e. The summed E-state index contributed by atoms with van der Waals surface area (Å²) in [6.45, 7) is 13.5. The predicted octanol–water partition coefficient (Wildman–Crippen LogP) is 4.55. The minimum atomic E-state index is 0.280. The molecule has 0 aliphatic rings. The molecule has 21 heavy (non-hydrogen) atoms. The van der Waals surface area contributed by atoms with Gasteiger partial charge >= 0.3 is 0 Å². The number of rotatable bonds is 9. The zero-order valence-corrected chi connectivity index (χ0v) is 14.9. The topological polar surface area (TPSA) is 15.3 Å². The molecule has 0 amide bonds. The fraction of sp³-hybridized carbons (Fsp3) is 0.684. The average molecular weight is 290 g/mol. The van der Waals surface area contributed by atoms with E-state index in [1.54, 1.807) is 0 Å². The molecule has 0 saturated carbocycles. The maximum Gasteiger partial charge on any atom is 0.0332 e. The van der Waals surface area contributed by atoms with E-state index in [0.717, 1.165) is 19.5 Å². The van der Waals surface area contributed by atoms with Crippen LogP contribution in [0.3, 0.4) is 0 Å². The molecule has 0 bridgehead atoms. The van der Waals surface area contributed by atoms with Crippen molar-refractivity contribution in [2.24, 2.45) is 0 Å². The third kappa shape index (κ3) is 5.80. The summed E-state index contributed by atoms with van der Waals surface area (Å²) in [5, 5.41) is 3.70.